The summed E-state index contributed by atoms with van der Waals surface area (Å²) in [6.45, 7) is 0.594. The number of nitrogens with one attached hydrogen (secondary N) is 2. The lowest BCUT2D eigenvalue weighted by Crippen LogP contribution is -2.42. The number of aliphatic imine (C=N–C) groups is 1. The largest absolute Gasteiger partial charge is 0.480 e. The number of amides is 1. The molecule has 0 fully saturated rings. The Hall–Kier alpha value is -3.55. The first-order valence-electron chi connectivity index (χ1n) is 9.81. The first-order chi connectivity index (χ1) is 14.5. The Labute approximate surface area is 175 Å². The van der Waals surface area contributed by atoms with Gasteiger partial charge in [-0.25, -0.2) is 9.59 Å². The van der Waals surface area contributed by atoms with Gasteiger partial charge in [-0.3, -0.25) is 4.99 Å². The second kappa shape index (κ2) is 9.78. The fourth-order valence-electron chi connectivity index (χ4n) is 3.64. The topological polar surface area (TPSA) is 126 Å². The number of nitrogens with two attached hydrogens (primary N) is 1. The van der Waals surface area contributed by atoms with E-state index in [1.807, 2.05) is 36.4 Å². The zero-order chi connectivity index (χ0) is 21.5. The minimum absolute atomic E-state index is 0.0769. The van der Waals surface area contributed by atoms with E-state index in [0.29, 0.717) is 13.0 Å². The Balaban J connectivity index is 1.56. The summed E-state index contributed by atoms with van der Waals surface area (Å²) in [6.07, 6.45) is -0.00718. The monoisotopic (exact) mass is 410 g/mol. The summed E-state index contributed by atoms with van der Waals surface area (Å²) in [4.78, 5) is 27.5. The van der Waals surface area contributed by atoms with Crippen molar-refractivity contribution in [2.45, 2.75) is 24.8 Å². The quantitative estimate of drug-likeness (QED) is 0.301. The number of aliphatic carboxylic acids is 1. The lowest BCUT2D eigenvalue weighted by molar-refractivity contribution is -0.139. The second-order valence-corrected chi connectivity index (χ2v) is 7.04. The highest BCUT2D eigenvalue weighted by Crippen LogP contribution is 2.44. The zero-order valence-electron chi connectivity index (χ0n) is 16.8. The van der Waals surface area contributed by atoms with Crippen molar-refractivity contribution in [3.63, 3.8) is 0 Å². The molecular weight excluding hydrogens is 384 g/mol. The first-order valence-corrected chi connectivity index (χ1v) is 9.81. The molecule has 0 heterocycles. The van der Waals surface area contributed by atoms with E-state index >= 15 is 0 Å². The minimum Gasteiger partial charge on any atom is -0.480 e. The van der Waals surface area contributed by atoms with Crippen molar-refractivity contribution in [2.24, 2.45) is 10.7 Å². The fourth-order valence-corrected chi connectivity index (χ4v) is 3.64. The van der Waals surface area contributed by atoms with Crippen LogP contribution in [0.3, 0.4) is 0 Å². The summed E-state index contributed by atoms with van der Waals surface area (Å²) in [5.41, 5.74) is 9.99. The highest BCUT2D eigenvalue weighted by Gasteiger charge is 2.29. The van der Waals surface area contributed by atoms with Gasteiger partial charge in [-0.2, -0.15) is 0 Å². The molecule has 1 atom stereocenters. The van der Waals surface area contributed by atoms with E-state index < -0.39 is 18.1 Å². The van der Waals surface area contributed by atoms with Crippen molar-refractivity contribution in [3.8, 4) is 11.1 Å². The van der Waals surface area contributed by atoms with Crippen LogP contribution in [0.4, 0.5) is 4.79 Å². The summed E-state index contributed by atoms with van der Waals surface area (Å²) in [5, 5.41) is 14.7. The van der Waals surface area contributed by atoms with Gasteiger partial charge in [0.05, 0.1) is 0 Å². The van der Waals surface area contributed by atoms with Crippen LogP contribution in [-0.4, -0.2) is 49.4 Å². The van der Waals surface area contributed by atoms with Crippen LogP contribution in [0.2, 0.25) is 0 Å². The van der Waals surface area contributed by atoms with E-state index in [4.69, 9.17) is 10.5 Å². The number of hydrogen-bond donors (Lipinski definition) is 4. The maximum absolute atomic E-state index is 12.3. The Morgan fingerprint density at radius 3 is 2.30 bits per heavy atom. The van der Waals surface area contributed by atoms with Crippen LogP contribution in [0, 0.1) is 0 Å². The fraction of sp³-hybridized carbons (Fsp3) is 0.318. The number of carboxylic acids is 1. The number of hydrogen-bond acceptors (Lipinski definition) is 4. The number of fused-ring (bicyclic) bond motifs is 3. The van der Waals surface area contributed by atoms with E-state index in [1.165, 1.54) is 0 Å². The number of rotatable bonds is 8. The highest BCUT2D eigenvalue weighted by molar-refractivity contribution is 5.81. The lowest BCUT2D eigenvalue weighted by Gasteiger charge is -2.17. The van der Waals surface area contributed by atoms with Crippen molar-refractivity contribution >= 4 is 18.0 Å². The second-order valence-electron chi connectivity index (χ2n) is 7.04. The molecule has 1 unspecified atom stereocenters. The number of ether oxygens (including phenoxy) is 1. The molecule has 2 aromatic carbocycles. The van der Waals surface area contributed by atoms with Crippen LogP contribution in [-0.2, 0) is 9.53 Å². The van der Waals surface area contributed by atoms with Gasteiger partial charge in [-0.15, -0.1) is 0 Å². The molecule has 30 heavy (non-hydrogen) atoms. The van der Waals surface area contributed by atoms with Crippen LogP contribution in [0.1, 0.15) is 29.9 Å². The summed E-state index contributed by atoms with van der Waals surface area (Å²) in [5.74, 6) is -0.904. The molecule has 0 saturated heterocycles. The predicted octanol–water partition coefficient (Wildman–Crippen LogP) is 2.29. The van der Waals surface area contributed by atoms with Gasteiger partial charge in [0, 0.05) is 19.5 Å². The molecule has 0 spiro atoms. The lowest BCUT2D eigenvalue weighted by atomic mass is 9.98. The molecule has 8 nitrogen and oxygen atoms in total. The van der Waals surface area contributed by atoms with E-state index in [2.05, 4.69) is 27.8 Å². The molecule has 8 heteroatoms. The SMILES string of the molecule is CN=C(N)NCCCC(NC(=O)OCC1c2ccccc2-c2ccccc21)C(=O)O. The molecule has 0 bridgehead atoms. The smallest absolute Gasteiger partial charge is 0.407 e. The maximum Gasteiger partial charge on any atom is 0.407 e. The predicted molar refractivity (Wildman–Crippen MR) is 114 cm³/mol. The molecule has 158 valence electrons. The molecule has 3 rings (SSSR count). The summed E-state index contributed by atoms with van der Waals surface area (Å²) < 4.78 is 5.41. The minimum atomic E-state index is -1.11. The van der Waals surface area contributed by atoms with Crippen LogP contribution in [0.5, 0.6) is 0 Å². The van der Waals surface area contributed by atoms with Gasteiger partial charge in [0.25, 0.3) is 0 Å². The normalized spacial score (nSPS) is 13.8. The van der Waals surface area contributed by atoms with Gasteiger partial charge < -0.3 is 26.2 Å². The van der Waals surface area contributed by atoms with E-state index in [0.717, 1.165) is 22.3 Å². The number of benzene rings is 2. The number of nitrogens with zero attached hydrogens (tertiary/aromatic N) is 1. The highest BCUT2D eigenvalue weighted by atomic mass is 16.5. The van der Waals surface area contributed by atoms with Gasteiger partial charge in [-0.1, -0.05) is 48.5 Å². The van der Waals surface area contributed by atoms with Crippen molar-refractivity contribution in [2.75, 3.05) is 20.2 Å². The zero-order valence-corrected chi connectivity index (χ0v) is 16.8. The van der Waals surface area contributed by atoms with Crippen LogP contribution >= 0.6 is 0 Å². The standard InChI is InChI=1S/C22H26N4O4/c1-24-21(23)25-12-6-11-19(20(27)28)26-22(29)30-13-18-16-9-4-2-7-14(16)15-8-3-5-10-17(15)18/h2-5,7-10,18-19H,6,11-13H2,1H3,(H,26,29)(H,27,28)(H3,23,24,25). The Kier molecular flexibility index (Phi) is 6.90. The molecule has 5 N–H and O–H groups in total. The third kappa shape index (κ3) is 4.89. The average Bonchev–Trinajstić information content (AvgIpc) is 3.07. The third-order valence-corrected chi connectivity index (χ3v) is 5.15. The molecule has 1 amide bonds. The van der Waals surface area contributed by atoms with Gasteiger partial charge in [0.2, 0.25) is 0 Å². The van der Waals surface area contributed by atoms with Gasteiger partial charge in [0.1, 0.15) is 12.6 Å². The van der Waals surface area contributed by atoms with Crippen LogP contribution in [0.25, 0.3) is 11.1 Å². The average molecular weight is 410 g/mol. The molecule has 2 aromatic rings. The molecule has 0 radical (unpaired) electrons. The van der Waals surface area contributed by atoms with Crippen molar-refractivity contribution in [3.05, 3.63) is 59.7 Å². The van der Waals surface area contributed by atoms with Crippen LogP contribution in [0.15, 0.2) is 53.5 Å². The van der Waals surface area contributed by atoms with Crippen molar-refractivity contribution in [1.82, 2.24) is 10.6 Å². The number of carbonyl (C=O) groups excluding carboxylic acids is 1. The van der Waals surface area contributed by atoms with E-state index in [9.17, 15) is 14.7 Å². The summed E-state index contributed by atoms with van der Waals surface area (Å²) >= 11 is 0. The maximum atomic E-state index is 12.3. The van der Waals surface area contributed by atoms with Gasteiger partial charge in [-0.05, 0) is 35.1 Å². The summed E-state index contributed by atoms with van der Waals surface area (Å²) in [7, 11) is 1.56. The molecule has 0 aliphatic heterocycles. The number of guanidine groups is 1. The third-order valence-electron chi connectivity index (χ3n) is 5.15. The molecule has 1 aliphatic carbocycles. The Morgan fingerprint density at radius 1 is 1.13 bits per heavy atom. The number of carbonyl (C=O) groups is 2. The van der Waals surface area contributed by atoms with E-state index in [-0.39, 0.29) is 24.9 Å². The van der Waals surface area contributed by atoms with Crippen LogP contribution < -0.4 is 16.4 Å². The molecular formula is C22H26N4O4. The number of carboxylic acid groups (broad SMARTS) is 1. The van der Waals surface area contributed by atoms with Gasteiger partial charge in [0.15, 0.2) is 5.96 Å². The Morgan fingerprint density at radius 2 is 1.73 bits per heavy atom. The Bertz CT molecular complexity index is 899. The number of alkyl carbamates (subject to hydrolysis) is 1. The molecule has 1 aliphatic rings. The van der Waals surface area contributed by atoms with Crippen molar-refractivity contribution in [1.29, 1.82) is 0 Å². The van der Waals surface area contributed by atoms with Crippen molar-refractivity contribution < 1.29 is 19.4 Å². The summed E-state index contributed by atoms with van der Waals surface area (Å²) in [6, 6.07) is 15.0. The molecule has 0 aromatic heterocycles. The van der Waals surface area contributed by atoms with E-state index in [1.54, 1.807) is 7.05 Å². The first kappa shape index (κ1) is 21.2. The van der Waals surface area contributed by atoms with Gasteiger partial charge >= 0.3 is 12.1 Å². The molecule has 0 saturated carbocycles.